The number of para-hydroxylation sites is 2. The Morgan fingerprint density at radius 2 is 1.73 bits per heavy atom. The van der Waals surface area contributed by atoms with Crippen molar-refractivity contribution in [1.82, 2.24) is 14.3 Å². The van der Waals surface area contributed by atoms with Gasteiger partial charge in [-0.2, -0.15) is 4.72 Å². The summed E-state index contributed by atoms with van der Waals surface area (Å²) in [4.78, 5) is 17.4. The lowest BCUT2D eigenvalue weighted by Crippen LogP contribution is -2.44. The van der Waals surface area contributed by atoms with Crippen molar-refractivity contribution < 1.29 is 21.6 Å². The highest BCUT2D eigenvalue weighted by Crippen LogP contribution is 2.19. The minimum absolute atomic E-state index is 0.227. The third-order valence-electron chi connectivity index (χ3n) is 4.85. The first kappa shape index (κ1) is 24.6. The lowest BCUT2D eigenvalue weighted by atomic mass is 10.2. The van der Waals surface area contributed by atoms with Crippen LogP contribution < -0.4 is 10.0 Å². The van der Waals surface area contributed by atoms with Gasteiger partial charge >= 0.3 is 0 Å². The molecule has 3 aromatic rings. The summed E-state index contributed by atoms with van der Waals surface area (Å²) in [7, 11) is -7.46. The minimum atomic E-state index is -4.04. The van der Waals surface area contributed by atoms with Crippen LogP contribution in [0, 0.1) is 0 Å². The van der Waals surface area contributed by atoms with E-state index < -0.39 is 31.8 Å². The number of rotatable bonds is 10. The zero-order valence-electron chi connectivity index (χ0n) is 18.3. The van der Waals surface area contributed by atoms with Crippen molar-refractivity contribution in [2.24, 2.45) is 0 Å². The first-order valence-corrected chi connectivity index (χ1v) is 13.9. The quantitative estimate of drug-likeness (QED) is 0.449. The Morgan fingerprint density at radius 3 is 2.39 bits per heavy atom. The number of sulfone groups is 1. The summed E-state index contributed by atoms with van der Waals surface area (Å²) in [5.74, 6) is -0.798. The van der Waals surface area contributed by atoms with Crippen molar-refractivity contribution in [3.8, 4) is 0 Å². The van der Waals surface area contributed by atoms with Crippen LogP contribution in [0.25, 0.3) is 17.1 Å². The molecule has 0 spiro atoms. The number of benzene rings is 2. The zero-order chi connectivity index (χ0) is 24.1. The van der Waals surface area contributed by atoms with E-state index in [0.717, 1.165) is 17.2 Å². The molecule has 0 radical (unpaired) electrons. The summed E-state index contributed by atoms with van der Waals surface area (Å²) in [6, 6.07) is 14.8. The summed E-state index contributed by atoms with van der Waals surface area (Å²) in [6.07, 6.45) is 2.20. The van der Waals surface area contributed by atoms with Gasteiger partial charge in [0.2, 0.25) is 21.9 Å². The van der Waals surface area contributed by atoms with Gasteiger partial charge in [-0.1, -0.05) is 42.5 Å². The van der Waals surface area contributed by atoms with Crippen LogP contribution in [-0.2, 0) is 31.2 Å². The Balaban J connectivity index is 1.84. The maximum absolute atomic E-state index is 13.0. The number of carbonyl (C=O) groups is 1. The number of sulfonamides is 1. The van der Waals surface area contributed by atoms with Crippen LogP contribution >= 0.6 is 0 Å². The van der Waals surface area contributed by atoms with E-state index in [0.29, 0.717) is 17.6 Å². The number of fused-ring (bicyclic) bond motifs is 1. The molecular weight excluding hydrogens is 464 g/mol. The van der Waals surface area contributed by atoms with Gasteiger partial charge in [0.25, 0.3) is 0 Å². The van der Waals surface area contributed by atoms with Gasteiger partial charge in [-0.25, -0.2) is 21.8 Å². The van der Waals surface area contributed by atoms with Crippen LogP contribution in [0.4, 0.5) is 5.95 Å². The second-order valence-corrected chi connectivity index (χ2v) is 11.4. The van der Waals surface area contributed by atoms with E-state index in [9.17, 15) is 21.6 Å². The number of nitrogens with zero attached hydrogens (tertiary/aromatic N) is 2. The van der Waals surface area contributed by atoms with Crippen LogP contribution in [0.2, 0.25) is 0 Å². The van der Waals surface area contributed by atoms with E-state index in [4.69, 9.17) is 0 Å². The Kier molecular flexibility index (Phi) is 7.67. The largest absolute Gasteiger partial charge is 0.310 e. The summed E-state index contributed by atoms with van der Waals surface area (Å²) in [5.41, 5.74) is 2.15. The van der Waals surface area contributed by atoms with Crippen molar-refractivity contribution in [3.05, 3.63) is 65.6 Å². The van der Waals surface area contributed by atoms with Gasteiger partial charge in [-0.3, -0.25) is 10.1 Å². The van der Waals surface area contributed by atoms with Gasteiger partial charge < -0.3 is 4.57 Å². The van der Waals surface area contributed by atoms with Crippen LogP contribution in [0.5, 0.6) is 0 Å². The molecule has 0 fully saturated rings. The molecule has 176 valence electrons. The Hall–Kier alpha value is -3.02. The molecule has 2 N–H and O–H groups in total. The van der Waals surface area contributed by atoms with Crippen LogP contribution in [0.3, 0.4) is 0 Å². The first-order chi connectivity index (χ1) is 15.6. The Bertz CT molecular complexity index is 1360. The molecule has 1 atom stereocenters. The summed E-state index contributed by atoms with van der Waals surface area (Å²) < 4.78 is 52.6. The van der Waals surface area contributed by atoms with Crippen molar-refractivity contribution >= 4 is 48.8 Å². The number of hydrogen-bond donors (Lipinski definition) is 2. The topological polar surface area (TPSA) is 127 Å². The monoisotopic (exact) mass is 490 g/mol. The van der Waals surface area contributed by atoms with Crippen molar-refractivity contribution in [2.75, 3.05) is 17.3 Å². The predicted molar refractivity (Wildman–Crippen MR) is 130 cm³/mol. The normalized spacial score (nSPS) is 13.4. The smallest absolute Gasteiger partial charge is 0.244 e. The molecule has 9 nitrogen and oxygen atoms in total. The highest BCUT2D eigenvalue weighted by atomic mass is 32.2. The number of nitrogens with one attached hydrogen (secondary N) is 2. The van der Waals surface area contributed by atoms with Crippen molar-refractivity contribution in [2.45, 2.75) is 25.9 Å². The molecule has 0 bridgehead atoms. The average Bonchev–Trinajstić information content (AvgIpc) is 3.12. The molecule has 0 saturated carbocycles. The van der Waals surface area contributed by atoms with E-state index in [-0.39, 0.29) is 18.1 Å². The number of aryl methyl sites for hydroxylation is 1. The fourth-order valence-corrected chi connectivity index (χ4v) is 4.93. The second-order valence-electron chi connectivity index (χ2n) is 7.51. The van der Waals surface area contributed by atoms with Gasteiger partial charge in [0, 0.05) is 18.2 Å². The number of aromatic nitrogens is 2. The van der Waals surface area contributed by atoms with Crippen LogP contribution in [-0.4, -0.2) is 50.3 Å². The van der Waals surface area contributed by atoms with E-state index in [1.165, 1.54) is 6.08 Å². The summed E-state index contributed by atoms with van der Waals surface area (Å²) >= 11 is 0. The molecular formula is C22H26N4O5S2. The lowest BCUT2D eigenvalue weighted by molar-refractivity contribution is -0.117. The van der Waals surface area contributed by atoms with E-state index in [1.807, 2.05) is 25.1 Å². The molecule has 11 heteroatoms. The number of imidazole rings is 1. The lowest BCUT2D eigenvalue weighted by Gasteiger charge is -2.17. The molecule has 33 heavy (non-hydrogen) atoms. The van der Waals surface area contributed by atoms with Gasteiger partial charge in [-0.05, 0) is 37.1 Å². The molecule has 1 unspecified atom stereocenters. The number of anilines is 1. The zero-order valence-corrected chi connectivity index (χ0v) is 19.9. The molecule has 1 amide bonds. The summed E-state index contributed by atoms with van der Waals surface area (Å²) in [6.45, 7) is 2.41. The van der Waals surface area contributed by atoms with Gasteiger partial charge in [0.1, 0.15) is 15.9 Å². The van der Waals surface area contributed by atoms with Crippen LogP contribution in [0.1, 0.15) is 18.9 Å². The van der Waals surface area contributed by atoms with E-state index in [2.05, 4.69) is 15.0 Å². The fraction of sp³-hybridized carbons (Fsp3) is 0.273. The molecule has 2 aromatic carbocycles. The van der Waals surface area contributed by atoms with Gasteiger partial charge in [0.15, 0.2) is 0 Å². The highest BCUT2D eigenvalue weighted by molar-refractivity contribution is 7.92. The minimum Gasteiger partial charge on any atom is -0.310 e. The number of carbonyl (C=O) groups excluding carboxylic acids is 1. The van der Waals surface area contributed by atoms with Gasteiger partial charge in [0.05, 0.1) is 16.8 Å². The molecule has 0 aliphatic carbocycles. The maximum Gasteiger partial charge on any atom is 0.244 e. The van der Waals surface area contributed by atoms with E-state index >= 15 is 0 Å². The average molecular weight is 491 g/mol. The standard InChI is InChI=1S/C22H26N4O5S2/c1-3-26-20-12-8-7-11-18(20)23-22(26)24-21(27)19(14-15-32(2,28)29)25-33(30,31)16-13-17-9-5-4-6-10-17/h4-13,16,19,25H,3,14-15H2,1-2H3,(H,23,24,27)/b16-13+. The molecule has 1 aromatic heterocycles. The second kappa shape index (κ2) is 10.3. The van der Waals surface area contributed by atoms with Crippen molar-refractivity contribution in [3.63, 3.8) is 0 Å². The van der Waals surface area contributed by atoms with Crippen LogP contribution in [0.15, 0.2) is 60.0 Å². The third kappa shape index (κ3) is 6.98. The molecule has 3 rings (SSSR count). The third-order valence-corrected chi connectivity index (χ3v) is 6.93. The fourth-order valence-electron chi connectivity index (χ4n) is 3.23. The Labute approximate surface area is 193 Å². The molecule has 0 saturated heterocycles. The molecule has 1 heterocycles. The summed E-state index contributed by atoms with van der Waals surface area (Å²) in [5, 5.41) is 3.60. The predicted octanol–water partition coefficient (Wildman–Crippen LogP) is 2.39. The first-order valence-electron chi connectivity index (χ1n) is 10.3. The molecule has 0 aliphatic rings. The maximum atomic E-state index is 13.0. The van der Waals surface area contributed by atoms with Crippen molar-refractivity contribution in [1.29, 1.82) is 0 Å². The number of hydrogen-bond acceptors (Lipinski definition) is 6. The highest BCUT2D eigenvalue weighted by Gasteiger charge is 2.26. The van der Waals surface area contributed by atoms with Gasteiger partial charge in [-0.15, -0.1) is 0 Å². The van der Waals surface area contributed by atoms with E-state index in [1.54, 1.807) is 41.0 Å². The molecule has 0 aliphatic heterocycles. The number of amides is 1. The SMILES string of the molecule is CCn1c(NC(=O)C(CCS(C)(=O)=O)NS(=O)(=O)/C=C/c2ccccc2)nc2ccccc21. The Morgan fingerprint density at radius 1 is 1.06 bits per heavy atom.